The van der Waals surface area contributed by atoms with Crippen LogP contribution in [0.4, 0.5) is 4.79 Å². The fourth-order valence-corrected chi connectivity index (χ4v) is 2.42. The van der Waals surface area contributed by atoms with Gasteiger partial charge in [0.15, 0.2) is 0 Å². The maximum absolute atomic E-state index is 12.2. The van der Waals surface area contributed by atoms with Gasteiger partial charge in [0.05, 0.1) is 5.41 Å². The van der Waals surface area contributed by atoms with Crippen molar-refractivity contribution in [1.82, 2.24) is 15.5 Å². The van der Waals surface area contributed by atoms with Gasteiger partial charge in [-0.05, 0) is 26.7 Å². The Morgan fingerprint density at radius 3 is 2.48 bits per heavy atom. The minimum atomic E-state index is -0.974. The van der Waals surface area contributed by atoms with Gasteiger partial charge < -0.3 is 20.6 Å². The van der Waals surface area contributed by atoms with Crippen molar-refractivity contribution in [2.75, 3.05) is 20.1 Å². The lowest BCUT2D eigenvalue weighted by atomic mass is 9.92. The largest absolute Gasteiger partial charge is 0.480 e. The molecule has 1 aliphatic rings. The zero-order valence-corrected chi connectivity index (χ0v) is 12.9. The number of likely N-dealkylation sites (tertiary alicyclic amines) is 1. The van der Waals surface area contributed by atoms with E-state index in [1.807, 2.05) is 0 Å². The van der Waals surface area contributed by atoms with Gasteiger partial charge in [-0.3, -0.25) is 4.79 Å². The SMILES string of the molecule is CNC(=O)C(C)(C)CNC(=O)N1CCCCCC1C(=O)O. The van der Waals surface area contributed by atoms with Crippen LogP contribution in [0.15, 0.2) is 0 Å². The molecular weight excluding hydrogens is 274 g/mol. The number of aliphatic carboxylic acids is 1. The number of amides is 3. The predicted octanol–water partition coefficient (Wildman–Crippen LogP) is 0.797. The molecule has 0 radical (unpaired) electrons. The Hall–Kier alpha value is -1.79. The molecule has 0 aromatic rings. The number of nitrogens with zero attached hydrogens (tertiary/aromatic N) is 1. The van der Waals surface area contributed by atoms with Crippen LogP contribution in [0.1, 0.15) is 39.5 Å². The number of hydrogen-bond donors (Lipinski definition) is 3. The first-order chi connectivity index (χ1) is 9.79. The van der Waals surface area contributed by atoms with E-state index in [0.717, 1.165) is 19.3 Å². The lowest BCUT2D eigenvalue weighted by Gasteiger charge is -2.29. The number of urea groups is 1. The maximum atomic E-state index is 12.2. The molecule has 0 aromatic carbocycles. The fourth-order valence-electron chi connectivity index (χ4n) is 2.42. The van der Waals surface area contributed by atoms with E-state index in [1.54, 1.807) is 20.9 Å². The number of rotatable bonds is 4. The average molecular weight is 299 g/mol. The summed E-state index contributed by atoms with van der Waals surface area (Å²) in [5.74, 6) is -1.15. The van der Waals surface area contributed by atoms with Crippen LogP contribution < -0.4 is 10.6 Å². The molecule has 0 saturated carbocycles. The quantitative estimate of drug-likeness (QED) is 0.715. The Bertz CT molecular complexity index is 409. The second-order valence-electron chi connectivity index (χ2n) is 6.02. The second-order valence-corrected chi connectivity index (χ2v) is 6.02. The summed E-state index contributed by atoms with van der Waals surface area (Å²) in [6, 6.07) is -1.20. The molecule has 21 heavy (non-hydrogen) atoms. The molecule has 1 atom stereocenters. The summed E-state index contributed by atoms with van der Waals surface area (Å²) >= 11 is 0. The van der Waals surface area contributed by atoms with Gasteiger partial charge in [-0.2, -0.15) is 0 Å². The third-order valence-corrected chi connectivity index (χ3v) is 3.82. The van der Waals surface area contributed by atoms with E-state index in [4.69, 9.17) is 0 Å². The first-order valence-electron chi connectivity index (χ1n) is 7.29. The summed E-state index contributed by atoms with van der Waals surface area (Å²) in [5.41, 5.74) is -0.741. The van der Waals surface area contributed by atoms with Gasteiger partial charge in [0.1, 0.15) is 6.04 Å². The number of carbonyl (C=O) groups is 3. The van der Waals surface area contributed by atoms with E-state index in [-0.39, 0.29) is 12.5 Å². The van der Waals surface area contributed by atoms with Crippen LogP contribution in [0.5, 0.6) is 0 Å². The molecule has 0 bridgehead atoms. The first kappa shape index (κ1) is 17.3. The van der Waals surface area contributed by atoms with E-state index >= 15 is 0 Å². The predicted molar refractivity (Wildman–Crippen MR) is 77.8 cm³/mol. The lowest BCUT2D eigenvalue weighted by Crippen LogP contribution is -2.52. The molecule has 3 N–H and O–H groups in total. The Morgan fingerprint density at radius 2 is 1.90 bits per heavy atom. The molecule has 3 amide bonds. The van der Waals surface area contributed by atoms with Crippen molar-refractivity contribution in [3.05, 3.63) is 0 Å². The zero-order chi connectivity index (χ0) is 16.0. The maximum Gasteiger partial charge on any atom is 0.326 e. The number of carboxylic acids is 1. The minimum absolute atomic E-state index is 0.161. The molecule has 0 spiro atoms. The third kappa shape index (κ3) is 4.61. The van der Waals surface area contributed by atoms with Crippen molar-refractivity contribution >= 4 is 17.9 Å². The van der Waals surface area contributed by atoms with E-state index in [9.17, 15) is 19.5 Å². The van der Waals surface area contributed by atoms with Crippen LogP contribution in [0.2, 0.25) is 0 Å². The molecular formula is C14H25N3O4. The van der Waals surface area contributed by atoms with E-state index in [1.165, 1.54) is 4.90 Å². The van der Waals surface area contributed by atoms with E-state index in [0.29, 0.717) is 13.0 Å². The standard InChI is InChI=1S/C14H25N3O4/c1-14(2,12(20)15-3)9-16-13(21)17-8-6-4-5-7-10(17)11(18)19/h10H,4-9H2,1-3H3,(H,15,20)(H,16,21)(H,18,19). The van der Waals surface area contributed by atoms with Crippen molar-refractivity contribution in [2.24, 2.45) is 5.41 Å². The van der Waals surface area contributed by atoms with Gasteiger partial charge in [0.25, 0.3) is 0 Å². The number of carbonyl (C=O) groups excluding carboxylic acids is 2. The molecule has 1 heterocycles. The monoisotopic (exact) mass is 299 g/mol. The summed E-state index contributed by atoms with van der Waals surface area (Å²) in [4.78, 5) is 36.6. The van der Waals surface area contributed by atoms with Gasteiger partial charge in [-0.1, -0.05) is 12.8 Å². The van der Waals surface area contributed by atoms with Crippen LogP contribution in [0.3, 0.4) is 0 Å². The molecule has 1 fully saturated rings. The molecule has 7 heteroatoms. The molecule has 1 unspecified atom stereocenters. The van der Waals surface area contributed by atoms with E-state index < -0.39 is 23.5 Å². The van der Waals surface area contributed by atoms with Gasteiger partial charge in [-0.15, -0.1) is 0 Å². The summed E-state index contributed by atoms with van der Waals surface area (Å²) in [6.07, 6.45) is 3.01. The average Bonchev–Trinajstić information content (AvgIpc) is 2.69. The van der Waals surface area contributed by atoms with Crippen molar-refractivity contribution in [3.8, 4) is 0 Å². The van der Waals surface area contributed by atoms with Gasteiger partial charge >= 0.3 is 12.0 Å². The topological polar surface area (TPSA) is 98.7 Å². The Kier molecular flexibility index (Phi) is 5.99. The summed E-state index contributed by atoms with van der Waals surface area (Å²) in [6.45, 7) is 4.05. The van der Waals surface area contributed by atoms with Crippen LogP contribution in [-0.4, -0.2) is 54.1 Å². The Labute approximate surface area is 125 Å². The number of carboxylic acid groups (broad SMARTS) is 1. The Morgan fingerprint density at radius 1 is 1.24 bits per heavy atom. The van der Waals surface area contributed by atoms with Crippen LogP contribution in [0.25, 0.3) is 0 Å². The molecule has 1 rings (SSSR count). The van der Waals surface area contributed by atoms with Crippen molar-refractivity contribution < 1.29 is 19.5 Å². The molecule has 1 saturated heterocycles. The van der Waals surface area contributed by atoms with Crippen LogP contribution in [-0.2, 0) is 9.59 Å². The number of hydrogen-bond acceptors (Lipinski definition) is 3. The van der Waals surface area contributed by atoms with Gasteiger partial charge in [0.2, 0.25) is 5.91 Å². The molecule has 1 aliphatic heterocycles. The zero-order valence-electron chi connectivity index (χ0n) is 12.9. The summed E-state index contributed by atoms with van der Waals surface area (Å²) in [5, 5.41) is 14.5. The smallest absolute Gasteiger partial charge is 0.326 e. The molecule has 7 nitrogen and oxygen atoms in total. The van der Waals surface area contributed by atoms with Gasteiger partial charge in [0, 0.05) is 20.1 Å². The summed E-state index contributed by atoms with van der Waals surface area (Å²) in [7, 11) is 1.54. The minimum Gasteiger partial charge on any atom is -0.480 e. The van der Waals surface area contributed by atoms with Crippen molar-refractivity contribution in [2.45, 2.75) is 45.6 Å². The van der Waals surface area contributed by atoms with Crippen molar-refractivity contribution in [1.29, 1.82) is 0 Å². The van der Waals surface area contributed by atoms with E-state index in [2.05, 4.69) is 10.6 Å². The van der Waals surface area contributed by atoms with Crippen LogP contribution >= 0.6 is 0 Å². The lowest BCUT2D eigenvalue weighted by molar-refractivity contribution is -0.142. The molecule has 120 valence electrons. The highest BCUT2D eigenvalue weighted by atomic mass is 16.4. The summed E-state index contributed by atoms with van der Waals surface area (Å²) < 4.78 is 0. The fraction of sp³-hybridized carbons (Fsp3) is 0.786. The first-order valence-corrected chi connectivity index (χ1v) is 7.29. The van der Waals surface area contributed by atoms with Crippen molar-refractivity contribution in [3.63, 3.8) is 0 Å². The third-order valence-electron chi connectivity index (χ3n) is 3.82. The molecule has 0 aliphatic carbocycles. The van der Waals surface area contributed by atoms with Gasteiger partial charge in [-0.25, -0.2) is 9.59 Å². The second kappa shape index (κ2) is 7.28. The number of nitrogens with one attached hydrogen (secondary N) is 2. The highest BCUT2D eigenvalue weighted by molar-refractivity contribution is 5.84. The normalized spacial score (nSPS) is 19.6. The Balaban J connectivity index is 2.67. The van der Waals surface area contributed by atoms with Crippen LogP contribution in [0, 0.1) is 5.41 Å². The molecule has 0 aromatic heterocycles. The highest BCUT2D eigenvalue weighted by Crippen LogP contribution is 2.18. The highest BCUT2D eigenvalue weighted by Gasteiger charge is 2.33.